The van der Waals surface area contributed by atoms with Crippen LogP contribution in [0.2, 0.25) is 0 Å². The first-order valence-corrected chi connectivity index (χ1v) is 10.3. The summed E-state index contributed by atoms with van der Waals surface area (Å²) >= 11 is 0. The maximum Gasteiger partial charge on any atom is 0.341 e. The number of aromatic nitrogens is 2. The van der Waals surface area contributed by atoms with Crippen molar-refractivity contribution in [2.24, 2.45) is 16.8 Å². The van der Waals surface area contributed by atoms with Gasteiger partial charge in [0.2, 0.25) is 5.43 Å². The highest BCUT2D eigenvalue weighted by atomic mass is 19.1. The number of hydrogen-bond donors (Lipinski definition) is 2. The van der Waals surface area contributed by atoms with E-state index in [4.69, 9.17) is 10.6 Å². The van der Waals surface area contributed by atoms with Crippen LogP contribution in [0, 0.1) is 11.7 Å². The molecule has 1 unspecified atom stereocenters. The Morgan fingerprint density at radius 2 is 2.13 bits per heavy atom. The molecule has 1 aliphatic heterocycles. The van der Waals surface area contributed by atoms with E-state index in [1.807, 2.05) is 20.8 Å². The van der Waals surface area contributed by atoms with Gasteiger partial charge in [-0.3, -0.25) is 4.79 Å². The van der Waals surface area contributed by atoms with Crippen LogP contribution in [-0.4, -0.2) is 51.6 Å². The molecule has 0 bridgehead atoms. The number of pyridine rings is 2. The molecule has 10 heteroatoms. The smallest absolute Gasteiger partial charge is 0.341 e. The number of fused-ring (bicyclic) bond motifs is 1. The third-order valence-corrected chi connectivity index (χ3v) is 5.40. The molecule has 9 nitrogen and oxygen atoms in total. The second kappa shape index (κ2) is 7.60. The van der Waals surface area contributed by atoms with E-state index in [9.17, 15) is 14.7 Å². The zero-order valence-electron chi connectivity index (χ0n) is 17.8. The van der Waals surface area contributed by atoms with E-state index in [0.717, 1.165) is 18.9 Å². The van der Waals surface area contributed by atoms with Gasteiger partial charge in [0.1, 0.15) is 16.8 Å². The number of halogens is 1. The minimum Gasteiger partial charge on any atom is -0.477 e. The first-order valence-electron chi connectivity index (χ1n) is 10.3. The summed E-state index contributed by atoms with van der Waals surface area (Å²) < 4.78 is 16.7. The molecule has 0 radical (unpaired) electrons. The van der Waals surface area contributed by atoms with Crippen LogP contribution in [0.25, 0.3) is 11.0 Å². The zero-order valence-corrected chi connectivity index (χ0v) is 17.8. The number of oxime groups is 1. The number of nitrogens with zero attached hydrogens (tertiary/aromatic N) is 4. The van der Waals surface area contributed by atoms with Crippen molar-refractivity contribution < 1.29 is 19.1 Å². The molecule has 2 fully saturated rings. The lowest BCUT2D eigenvalue weighted by atomic mass is 10.1. The molecular formula is C21H26FN5O4. The molecule has 0 aromatic carbocycles. The third-order valence-electron chi connectivity index (χ3n) is 5.40. The summed E-state index contributed by atoms with van der Waals surface area (Å²) in [6, 6.07) is 1.14. The van der Waals surface area contributed by atoms with E-state index >= 15 is 4.39 Å². The lowest BCUT2D eigenvalue weighted by Gasteiger charge is -2.19. The quantitative estimate of drug-likeness (QED) is 0.695. The first kappa shape index (κ1) is 21.2. The van der Waals surface area contributed by atoms with Gasteiger partial charge in [0.25, 0.3) is 0 Å². The van der Waals surface area contributed by atoms with Gasteiger partial charge in [-0.05, 0) is 39.7 Å². The molecule has 166 valence electrons. The monoisotopic (exact) mass is 431 g/mol. The van der Waals surface area contributed by atoms with E-state index < -0.39 is 22.8 Å². The van der Waals surface area contributed by atoms with Crippen LogP contribution in [0.15, 0.2) is 22.2 Å². The van der Waals surface area contributed by atoms with Gasteiger partial charge in [0.05, 0.1) is 17.6 Å². The molecule has 1 saturated carbocycles. The lowest BCUT2D eigenvalue weighted by molar-refractivity contribution is 0.000172. The molecular weight excluding hydrogens is 405 g/mol. The molecule has 3 heterocycles. The average molecular weight is 431 g/mol. The van der Waals surface area contributed by atoms with Crippen molar-refractivity contribution in [3.63, 3.8) is 0 Å². The zero-order chi connectivity index (χ0) is 22.5. The number of carboxylic acids is 1. The summed E-state index contributed by atoms with van der Waals surface area (Å²) in [5.74, 6) is -2.05. The van der Waals surface area contributed by atoms with E-state index in [1.165, 1.54) is 6.20 Å². The molecule has 1 saturated heterocycles. The van der Waals surface area contributed by atoms with Crippen LogP contribution in [0.5, 0.6) is 0 Å². The minimum atomic E-state index is -1.34. The number of aromatic carboxylic acids is 1. The first-order chi connectivity index (χ1) is 14.6. The maximum absolute atomic E-state index is 15.1. The van der Waals surface area contributed by atoms with Gasteiger partial charge in [-0.15, -0.1) is 0 Å². The minimum absolute atomic E-state index is 0.0346. The van der Waals surface area contributed by atoms with Crippen LogP contribution < -0.4 is 16.1 Å². The predicted octanol–water partition coefficient (Wildman–Crippen LogP) is 2.13. The van der Waals surface area contributed by atoms with E-state index in [1.54, 1.807) is 9.47 Å². The fourth-order valence-electron chi connectivity index (χ4n) is 3.67. The van der Waals surface area contributed by atoms with Gasteiger partial charge >= 0.3 is 5.97 Å². The second-order valence-corrected chi connectivity index (χ2v) is 9.08. The summed E-state index contributed by atoms with van der Waals surface area (Å²) in [4.78, 5) is 35.8. The molecule has 2 aromatic rings. The van der Waals surface area contributed by atoms with Crippen molar-refractivity contribution in [3.8, 4) is 0 Å². The Kier molecular flexibility index (Phi) is 5.20. The van der Waals surface area contributed by atoms with E-state index in [0.29, 0.717) is 25.3 Å². The van der Waals surface area contributed by atoms with Crippen molar-refractivity contribution in [2.75, 3.05) is 24.5 Å². The number of rotatable bonds is 5. The molecule has 0 amide bonds. The Hall–Kier alpha value is -3.01. The standard InChI is InChI=1S/C21H26FN5O4/c1-21(2,3)31-25-16-10-26(8-11(16)7-23)19-15(22)6-13-17(28)14(20(29)30)9-27(12-4-5-12)18(13)24-19/h6,9,11-12H,4-5,7-8,10,23H2,1-3H3,(H,29,30). The van der Waals surface area contributed by atoms with Crippen molar-refractivity contribution in [3.05, 3.63) is 33.9 Å². The summed E-state index contributed by atoms with van der Waals surface area (Å²) in [5.41, 5.74) is 5.30. The second-order valence-electron chi connectivity index (χ2n) is 9.08. The van der Waals surface area contributed by atoms with Gasteiger partial charge in [-0.1, -0.05) is 5.16 Å². The highest BCUT2D eigenvalue weighted by Crippen LogP contribution is 2.37. The predicted molar refractivity (Wildman–Crippen MR) is 114 cm³/mol. The third kappa shape index (κ3) is 4.12. The Labute approximate surface area is 178 Å². The van der Waals surface area contributed by atoms with Crippen LogP contribution in [0.1, 0.15) is 50.0 Å². The fraction of sp³-hybridized carbons (Fsp3) is 0.524. The Balaban J connectivity index is 1.78. The number of anilines is 1. The molecule has 2 aliphatic rings. The maximum atomic E-state index is 15.1. The van der Waals surface area contributed by atoms with E-state index in [2.05, 4.69) is 10.1 Å². The highest BCUT2D eigenvalue weighted by molar-refractivity contribution is 5.95. The fourth-order valence-corrected chi connectivity index (χ4v) is 3.67. The van der Waals surface area contributed by atoms with Crippen molar-refractivity contribution in [1.82, 2.24) is 9.55 Å². The number of carboxylic acid groups (broad SMARTS) is 1. The summed E-state index contributed by atoms with van der Waals surface area (Å²) in [5, 5.41) is 13.6. The topological polar surface area (TPSA) is 123 Å². The van der Waals surface area contributed by atoms with Crippen molar-refractivity contribution in [2.45, 2.75) is 45.3 Å². The number of carbonyl (C=O) groups is 1. The Morgan fingerprint density at radius 1 is 1.42 bits per heavy atom. The summed E-state index contributed by atoms with van der Waals surface area (Å²) in [6.45, 7) is 6.69. The molecule has 3 N–H and O–H groups in total. The van der Waals surface area contributed by atoms with Crippen LogP contribution >= 0.6 is 0 Å². The molecule has 1 aliphatic carbocycles. The van der Waals surface area contributed by atoms with Gasteiger partial charge in [-0.2, -0.15) is 0 Å². The van der Waals surface area contributed by atoms with Crippen molar-refractivity contribution >= 4 is 28.5 Å². The molecule has 1 atom stereocenters. The molecule has 4 rings (SSSR count). The highest BCUT2D eigenvalue weighted by Gasteiger charge is 2.33. The van der Waals surface area contributed by atoms with Crippen LogP contribution in [-0.2, 0) is 4.84 Å². The Morgan fingerprint density at radius 3 is 2.71 bits per heavy atom. The summed E-state index contributed by atoms with van der Waals surface area (Å²) in [7, 11) is 0. The lowest BCUT2D eigenvalue weighted by Crippen LogP contribution is -2.26. The van der Waals surface area contributed by atoms with Gasteiger partial charge < -0.3 is 25.1 Å². The molecule has 31 heavy (non-hydrogen) atoms. The number of nitrogens with two attached hydrogens (primary N) is 1. The van der Waals surface area contributed by atoms with Gasteiger partial charge in [0, 0.05) is 31.2 Å². The largest absolute Gasteiger partial charge is 0.477 e. The summed E-state index contributed by atoms with van der Waals surface area (Å²) in [6.07, 6.45) is 3.02. The number of hydrogen-bond acceptors (Lipinski definition) is 7. The SMILES string of the molecule is CC(C)(C)ON=C1CN(c2nc3c(cc2F)c(=O)c(C(=O)O)cn3C2CC2)CC1CN. The Bertz CT molecular complexity index is 1130. The normalized spacial score (nSPS) is 20.6. The van der Waals surface area contributed by atoms with Crippen molar-refractivity contribution in [1.29, 1.82) is 0 Å². The van der Waals surface area contributed by atoms with Gasteiger partial charge in [0.15, 0.2) is 11.6 Å². The van der Waals surface area contributed by atoms with Crippen LogP contribution in [0.3, 0.4) is 0 Å². The van der Waals surface area contributed by atoms with E-state index in [-0.39, 0.29) is 34.4 Å². The van der Waals surface area contributed by atoms with Crippen LogP contribution in [0.4, 0.5) is 10.2 Å². The molecule has 0 spiro atoms. The average Bonchev–Trinajstić information content (AvgIpc) is 3.45. The van der Waals surface area contributed by atoms with Gasteiger partial charge in [-0.25, -0.2) is 14.2 Å². The molecule has 2 aromatic heterocycles.